The van der Waals surface area contributed by atoms with Gasteiger partial charge in [0.2, 0.25) is 5.91 Å². The molecule has 0 aliphatic carbocycles. The summed E-state index contributed by atoms with van der Waals surface area (Å²) in [5.74, 6) is 0.0206. The van der Waals surface area contributed by atoms with Gasteiger partial charge >= 0.3 is 0 Å². The van der Waals surface area contributed by atoms with E-state index in [1.54, 1.807) is 7.11 Å². The Labute approximate surface area is 119 Å². The lowest BCUT2D eigenvalue weighted by Crippen LogP contribution is -2.35. The van der Waals surface area contributed by atoms with Crippen molar-refractivity contribution in [2.45, 2.75) is 12.8 Å². The Kier molecular flexibility index (Phi) is 8.21. The molecule has 4 nitrogen and oxygen atoms in total. The number of amides is 1. The van der Waals surface area contributed by atoms with Gasteiger partial charge in [-0.05, 0) is 37.1 Å². The Morgan fingerprint density at radius 2 is 2.00 bits per heavy atom. The Bertz CT molecular complexity index is 368. The molecule has 0 bridgehead atoms. The summed E-state index contributed by atoms with van der Waals surface area (Å²) < 4.78 is 4.90. The van der Waals surface area contributed by atoms with Gasteiger partial charge in [-0.2, -0.15) is 0 Å². The van der Waals surface area contributed by atoms with E-state index in [0.717, 1.165) is 24.4 Å². The van der Waals surface area contributed by atoms with Crippen molar-refractivity contribution in [1.82, 2.24) is 10.6 Å². The van der Waals surface area contributed by atoms with E-state index in [4.69, 9.17) is 16.3 Å². The first-order valence-electron chi connectivity index (χ1n) is 6.43. The van der Waals surface area contributed by atoms with Gasteiger partial charge in [-0.1, -0.05) is 23.7 Å². The Hall–Kier alpha value is -1.10. The number of carbonyl (C=O) groups is 1. The topological polar surface area (TPSA) is 50.4 Å². The van der Waals surface area contributed by atoms with Gasteiger partial charge in [-0.25, -0.2) is 0 Å². The van der Waals surface area contributed by atoms with Crippen molar-refractivity contribution in [3.63, 3.8) is 0 Å². The first-order chi connectivity index (χ1) is 9.22. The molecular formula is C14H21ClN2O2. The lowest BCUT2D eigenvalue weighted by Gasteiger charge is -2.06. The monoisotopic (exact) mass is 284 g/mol. The molecule has 1 amide bonds. The quantitative estimate of drug-likeness (QED) is 0.678. The molecule has 19 heavy (non-hydrogen) atoms. The van der Waals surface area contributed by atoms with Crippen molar-refractivity contribution in [2.75, 3.05) is 33.4 Å². The molecule has 0 heterocycles. The molecule has 0 spiro atoms. The highest BCUT2D eigenvalue weighted by atomic mass is 35.5. The molecule has 106 valence electrons. The van der Waals surface area contributed by atoms with E-state index in [1.165, 1.54) is 5.56 Å². The molecular weight excluding hydrogens is 264 g/mol. The zero-order valence-corrected chi connectivity index (χ0v) is 12.0. The molecule has 0 aliphatic rings. The summed E-state index contributed by atoms with van der Waals surface area (Å²) >= 11 is 5.81. The Morgan fingerprint density at radius 1 is 1.26 bits per heavy atom. The van der Waals surface area contributed by atoms with Crippen molar-refractivity contribution >= 4 is 17.5 Å². The summed E-state index contributed by atoms with van der Waals surface area (Å²) in [6.07, 6.45) is 1.72. The highest BCUT2D eigenvalue weighted by Gasteiger charge is 1.99. The minimum atomic E-state index is 0.0206. The smallest absolute Gasteiger partial charge is 0.233 e. The molecule has 0 fully saturated rings. The molecule has 1 aromatic rings. The fourth-order valence-electron chi connectivity index (χ4n) is 1.59. The number of benzene rings is 1. The van der Waals surface area contributed by atoms with Gasteiger partial charge in [-0.15, -0.1) is 0 Å². The van der Waals surface area contributed by atoms with Gasteiger partial charge in [0.15, 0.2) is 0 Å². The van der Waals surface area contributed by atoms with E-state index in [0.29, 0.717) is 19.7 Å². The van der Waals surface area contributed by atoms with E-state index in [-0.39, 0.29) is 5.91 Å². The van der Waals surface area contributed by atoms with Crippen LogP contribution < -0.4 is 10.6 Å². The zero-order chi connectivity index (χ0) is 13.9. The summed E-state index contributed by atoms with van der Waals surface area (Å²) in [7, 11) is 1.65. The number of carbonyl (C=O) groups excluding carboxylic acids is 1. The van der Waals surface area contributed by atoms with Crippen LogP contribution in [0.3, 0.4) is 0 Å². The van der Waals surface area contributed by atoms with Crippen molar-refractivity contribution in [1.29, 1.82) is 0 Å². The molecule has 5 heteroatoms. The number of nitrogens with one attached hydrogen (secondary N) is 2. The van der Waals surface area contributed by atoms with Gasteiger partial charge in [0.1, 0.15) is 0 Å². The molecule has 0 saturated heterocycles. The van der Waals surface area contributed by atoms with Crippen LogP contribution in [0.15, 0.2) is 24.3 Å². The summed E-state index contributed by atoms with van der Waals surface area (Å²) in [6.45, 7) is 2.45. The fourth-order valence-corrected chi connectivity index (χ4v) is 1.72. The number of rotatable bonds is 9. The summed E-state index contributed by atoms with van der Waals surface area (Å²) in [6, 6.07) is 7.74. The van der Waals surface area contributed by atoms with Crippen molar-refractivity contribution in [2.24, 2.45) is 0 Å². The van der Waals surface area contributed by atoms with E-state index in [2.05, 4.69) is 10.6 Å². The Morgan fingerprint density at radius 3 is 2.68 bits per heavy atom. The second-order valence-electron chi connectivity index (χ2n) is 4.25. The molecule has 0 unspecified atom stereocenters. The van der Waals surface area contributed by atoms with E-state index in [9.17, 15) is 4.79 Å². The summed E-state index contributed by atoms with van der Waals surface area (Å²) in [5.41, 5.74) is 1.21. The first-order valence-corrected chi connectivity index (χ1v) is 6.81. The molecule has 2 N–H and O–H groups in total. The van der Waals surface area contributed by atoms with E-state index < -0.39 is 0 Å². The molecule has 0 radical (unpaired) electrons. The van der Waals surface area contributed by atoms with E-state index >= 15 is 0 Å². The van der Waals surface area contributed by atoms with Gasteiger partial charge in [0.05, 0.1) is 6.54 Å². The highest BCUT2D eigenvalue weighted by molar-refractivity contribution is 6.30. The molecule has 0 aromatic heterocycles. The third-order valence-electron chi connectivity index (χ3n) is 2.64. The number of ether oxygens (including phenoxy) is 1. The van der Waals surface area contributed by atoms with Crippen LogP contribution in [0, 0.1) is 0 Å². The number of hydrogen-bond donors (Lipinski definition) is 2. The minimum Gasteiger partial charge on any atom is -0.385 e. The fraction of sp³-hybridized carbons (Fsp3) is 0.500. The van der Waals surface area contributed by atoms with Crippen LogP contribution in [0.25, 0.3) is 0 Å². The molecule has 0 saturated carbocycles. The van der Waals surface area contributed by atoms with Crippen LogP contribution in [0.2, 0.25) is 5.02 Å². The second kappa shape index (κ2) is 9.78. The molecule has 0 aliphatic heterocycles. The van der Waals surface area contributed by atoms with Gasteiger partial charge in [0, 0.05) is 25.3 Å². The summed E-state index contributed by atoms with van der Waals surface area (Å²) in [5, 5.41) is 6.68. The van der Waals surface area contributed by atoms with Crippen LogP contribution in [0.4, 0.5) is 0 Å². The minimum absolute atomic E-state index is 0.0206. The van der Waals surface area contributed by atoms with Crippen LogP contribution in [0.5, 0.6) is 0 Å². The third kappa shape index (κ3) is 7.82. The van der Waals surface area contributed by atoms with Crippen LogP contribution in [-0.4, -0.2) is 39.3 Å². The van der Waals surface area contributed by atoms with Gasteiger partial charge in [-0.3, -0.25) is 4.79 Å². The van der Waals surface area contributed by atoms with E-state index in [1.807, 2.05) is 24.3 Å². The van der Waals surface area contributed by atoms with Crippen LogP contribution in [-0.2, 0) is 16.0 Å². The average molecular weight is 285 g/mol. The Balaban J connectivity index is 2.03. The highest BCUT2D eigenvalue weighted by Crippen LogP contribution is 2.09. The molecule has 1 rings (SSSR count). The third-order valence-corrected chi connectivity index (χ3v) is 2.89. The maximum Gasteiger partial charge on any atom is 0.233 e. The normalized spacial score (nSPS) is 10.4. The molecule has 1 aromatic carbocycles. The largest absolute Gasteiger partial charge is 0.385 e. The second-order valence-corrected chi connectivity index (χ2v) is 4.69. The van der Waals surface area contributed by atoms with Crippen molar-refractivity contribution < 1.29 is 9.53 Å². The van der Waals surface area contributed by atoms with Gasteiger partial charge in [0.25, 0.3) is 0 Å². The lowest BCUT2D eigenvalue weighted by atomic mass is 10.1. The predicted octanol–water partition coefficient (Wildman–Crippen LogP) is 1.62. The number of methoxy groups -OCH3 is 1. The zero-order valence-electron chi connectivity index (χ0n) is 11.2. The first kappa shape index (κ1) is 16.0. The number of hydrogen-bond acceptors (Lipinski definition) is 3. The maximum absolute atomic E-state index is 11.4. The van der Waals surface area contributed by atoms with Crippen molar-refractivity contribution in [3.05, 3.63) is 34.9 Å². The average Bonchev–Trinajstić information content (AvgIpc) is 2.42. The molecule has 0 atom stereocenters. The maximum atomic E-state index is 11.4. The SMILES string of the molecule is COCCCNC(=O)CNCCc1ccc(Cl)cc1. The summed E-state index contributed by atoms with van der Waals surface area (Å²) in [4.78, 5) is 11.4. The van der Waals surface area contributed by atoms with Crippen LogP contribution in [0.1, 0.15) is 12.0 Å². The standard InChI is InChI=1S/C14H21ClN2O2/c1-19-10-2-8-17-14(18)11-16-9-7-12-3-5-13(15)6-4-12/h3-6,16H,2,7-11H2,1H3,(H,17,18). The van der Waals surface area contributed by atoms with Crippen molar-refractivity contribution in [3.8, 4) is 0 Å². The van der Waals surface area contributed by atoms with Gasteiger partial charge < -0.3 is 15.4 Å². The number of halogens is 1. The lowest BCUT2D eigenvalue weighted by molar-refractivity contribution is -0.120. The predicted molar refractivity (Wildman–Crippen MR) is 77.5 cm³/mol. The van der Waals surface area contributed by atoms with Crippen LogP contribution >= 0.6 is 11.6 Å².